The van der Waals surface area contributed by atoms with E-state index in [1.54, 1.807) is 50.2 Å². The molecule has 2 rings (SSSR count). The zero-order valence-corrected chi connectivity index (χ0v) is 14.0. The number of esters is 2. The van der Waals surface area contributed by atoms with Crippen LogP contribution in [0.3, 0.4) is 0 Å². The van der Waals surface area contributed by atoms with Crippen molar-refractivity contribution < 1.29 is 23.8 Å². The van der Waals surface area contributed by atoms with Crippen LogP contribution in [-0.2, 0) is 9.47 Å². The number of hydrogen-bond acceptors (Lipinski definition) is 5. The summed E-state index contributed by atoms with van der Waals surface area (Å²) in [5, 5.41) is 0. The van der Waals surface area contributed by atoms with Gasteiger partial charge >= 0.3 is 11.9 Å². The van der Waals surface area contributed by atoms with Crippen molar-refractivity contribution in [2.75, 3.05) is 20.3 Å². The van der Waals surface area contributed by atoms with Crippen LogP contribution in [0.25, 0.3) is 11.1 Å². The fourth-order valence-corrected chi connectivity index (χ4v) is 2.39. The van der Waals surface area contributed by atoms with Crippen LogP contribution in [0.1, 0.15) is 34.6 Å². The highest BCUT2D eigenvalue weighted by Crippen LogP contribution is 2.34. The third kappa shape index (κ3) is 3.74. The van der Waals surface area contributed by atoms with Gasteiger partial charge in [0, 0.05) is 5.56 Å². The Hall–Kier alpha value is -2.82. The van der Waals surface area contributed by atoms with E-state index in [2.05, 4.69) is 0 Å². The number of ether oxygens (including phenoxy) is 3. The highest BCUT2D eigenvalue weighted by Gasteiger charge is 2.19. The quantitative estimate of drug-likeness (QED) is 0.756. The van der Waals surface area contributed by atoms with Crippen LogP contribution in [0.2, 0.25) is 0 Å². The Morgan fingerprint density at radius 1 is 0.917 bits per heavy atom. The fraction of sp³-hybridized carbons (Fsp3) is 0.263. The van der Waals surface area contributed by atoms with E-state index >= 15 is 0 Å². The molecule has 0 N–H and O–H groups in total. The largest absolute Gasteiger partial charge is 0.496 e. The average molecular weight is 328 g/mol. The van der Waals surface area contributed by atoms with E-state index in [1.165, 1.54) is 7.11 Å². The van der Waals surface area contributed by atoms with Gasteiger partial charge in [0.25, 0.3) is 0 Å². The molecule has 0 unspecified atom stereocenters. The Labute approximate surface area is 141 Å². The van der Waals surface area contributed by atoms with Gasteiger partial charge in [0.2, 0.25) is 0 Å². The van der Waals surface area contributed by atoms with E-state index in [9.17, 15) is 9.59 Å². The molecule has 0 saturated carbocycles. The monoisotopic (exact) mass is 328 g/mol. The number of carbonyl (C=O) groups is 2. The van der Waals surface area contributed by atoms with Gasteiger partial charge in [-0.25, -0.2) is 9.59 Å². The Morgan fingerprint density at radius 2 is 1.58 bits per heavy atom. The molecule has 0 saturated heterocycles. The summed E-state index contributed by atoms with van der Waals surface area (Å²) >= 11 is 0. The zero-order chi connectivity index (χ0) is 17.5. The molecular formula is C19H20O5. The highest BCUT2D eigenvalue weighted by atomic mass is 16.5. The van der Waals surface area contributed by atoms with E-state index < -0.39 is 11.9 Å². The van der Waals surface area contributed by atoms with E-state index in [4.69, 9.17) is 14.2 Å². The molecule has 0 aliphatic carbocycles. The Kier molecular flexibility index (Phi) is 5.95. The standard InChI is InChI=1S/C19H20O5/c1-4-23-18(20)14-9-6-8-13(12-14)17-15(19(21)24-5-2)10-7-11-16(17)22-3/h6-12H,4-5H2,1-3H3. The highest BCUT2D eigenvalue weighted by molar-refractivity contribution is 6.00. The lowest BCUT2D eigenvalue weighted by atomic mass is 9.97. The summed E-state index contributed by atoms with van der Waals surface area (Å²) in [6.45, 7) is 4.07. The van der Waals surface area contributed by atoms with Crippen molar-refractivity contribution in [2.24, 2.45) is 0 Å². The summed E-state index contributed by atoms with van der Waals surface area (Å²) < 4.78 is 15.5. The molecule has 126 valence electrons. The smallest absolute Gasteiger partial charge is 0.338 e. The third-order valence-electron chi connectivity index (χ3n) is 3.40. The lowest BCUT2D eigenvalue weighted by molar-refractivity contribution is 0.0518. The first-order valence-corrected chi connectivity index (χ1v) is 7.74. The minimum atomic E-state index is -0.437. The van der Waals surface area contributed by atoms with Gasteiger partial charge in [-0.3, -0.25) is 0 Å². The van der Waals surface area contributed by atoms with Gasteiger partial charge in [-0.05, 0) is 43.7 Å². The van der Waals surface area contributed by atoms with Gasteiger partial charge in [0.1, 0.15) is 5.75 Å². The second kappa shape index (κ2) is 8.15. The molecule has 0 bridgehead atoms. The molecule has 0 aliphatic rings. The fourth-order valence-electron chi connectivity index (χ4n) is 2.39. The predicted molar refractivity (Wildman–Crippen MR) is 90.3 cm³/mol. The minimum Gasteiger partial charge on any atom is -0.496 e. The SMILES string of the molecule is CCOC(=O)c1cccc(-c2c(OC)cccc2C(=O)OCC)c1. The molecule has 5 heteroatoms. The van der Waals surface area contributed by atoms with Crippen LogP contribution in [0, 0.1) is 0 Å². The number of carbonyl (C=O) groups excluding carboxylic acids is 2. The van der Waals surface area contributed by atoms with Crippen molar-refractivity contribution in [2.45, 2.75) is 13.8 Å². The van der Waals surface area contributed by atoms with Crippen LogP contribution in [0.4, 0.5) is 0 Å². The molecule has 5 nitrogen and oxygen atoms in total. The van der Waals surface area contributed by atoms with Gasteiger partial charge < -0.3 is 14.2 Å². The molecule has 0 aliphatic heterocycles. The van der Waals surface area contributed by atoms with Crippen LogP contribution in [-0.4, -0.2) is 32.3 Å². The molecule has 0 spiro atoms. The van der Waals surface area contributed by atoms with Crippen LogP contribution in [0.15, 0.2) is 42.5 Å². The van der Waals surface area contributed by atoms with Gasteiger partial charge in [0.05, 0.1) is 31.5 Å². The van der Waals surface area contributed by atoms with Crippen molar-refractivity contribution in [1.82, 2.24) is 0 Å². The number of hydrogen-bond donors (Lipinski definition) is 0. The van der Waals surface area contributed by atoms with Crippen LogP contribution in [0.5, 0.6) is 5.75 Å². The molecular weight excluding hydrogens is 308 g/mol. The number of rotatable bonds is 6. The maximum absolute atomic E-state index is 12.3. The van der Waals surface area contributed by atoms with Crippen molar-refractivity contribution in [3.05, 3.63) is 53.6 Å². The normalized spacial score (nSPS) is 10.1. The minimum absolute atomic E-state index is 0.276. The lowest BCUT2D eigenvalue weighted by Gasteiger charge is -2.14. The first-order chi connectivity index (χ1) is 11.6. The molecule has 0 heterocycles. The Morgan fingerprint density at radius 3 is 2.25 bits per heavy atom. The summed E-state index contributed by atoms with van der Waals surface area (Å²) in [7, 11) is 1.53. The van der Waals surface area contributed by atoms with E-state index in [1.807, 2.05) is 6.07 Å². The predicted octanol–water partition coefficient (Wildman–Crippen LogP) is 3.72. The lowest BCUT2D eigenvalue weighted by Crippen LogP contribution is -2.08. The van der Waals surface area contributed by atoms with Crippen LogP contribution < -0.4 is 4.74 Å². The summed E-state index contributed by atoms with van der Waals surface area (Å²) in [6.07, 6.45) is 0. The Bertz CT molecular complexity index is 736. The summed E-state index contributed by atoms with van der Waals surface area (Å²) in [4.78, 5) is 24.2. The molecule has 0 radical (unpaired) electrons. The molecule has 2 aromatic carbocycles. The summed E-state index contributed by atoms with van der Waals surface area (Å²) in [5.41, 5.74) is 2.07. The summed E-state index contributed by atoms with van der Waals surface area (Å²) in [5.74, 6) is -0.318. The second-order valence-electron chi connectivity index (χ2n) is 4.90. The maximum atomic E-state index is 12.3. The van der Waals surface area contributed by atoms with E-state index in [-0.39, 0.29) is 6.61 Å². The zero-order valence-electron chi connectivity index (χ0n) is 14.0. The van der Waals surface area contributed by atoms with Crippen molar-refractivity contribution in [3.63, 3.8) is 0 Å². The molecule has 2 aromatic rings. The van der Waals surface area contributed by atoms with Gasteiger partial charge in [-0.1, -0.05) is 18.2 Å². The number of methoxy groups -OCH3 is 1. The van der Waals surface area contributed by atoms with Crippen LogP contribution >= 0.6 is 0 Å². The topological polar surface area (TPSA) is 61.8 Å². The van der Waals surface area contributed by atoms with Gasteiger partial charge in [0.15, 0.2) is 0 Å². The third-order valence-corrected chi connectivity index (χ3v) is 3.40. The molecule has 0 fully saturated rings. The van der Waals surface area contributed by atoms with Gasteiger partial charge in [-0.15, -0.1) is 0 Å². The molecule has 0 atom stereocenters. The molecule has 0 amide bonds. The average Bonchev–Trinajstić information content (AvgIpc) is 2.61. The van der Waals surface area contributed by atoms with Crippen molar-refractivity contribution in [3.8, 4) is 16.9 Å². The summed E-state index contributed by atoms with van der Waals surface area (Å²) in [6, 6.07) is 12.1. The first-order valence-electron chi connectivity index (χ1n) is 7.74. The second-order valence-corrected chi connectivity index (χ2v) is 4.90. The maximum Gasteiger partial charge on any atom is 0.338 e. The Balaban J connectivity index is 2.56. The first kappa shape index (κ1) is 17.5. The van der Waals surface area contributed by atoms with Crippen molar-refractivity contribution in [1.29, 1.82) is 0 Å². The number of benzene rings is 2. The van der Waals surface area contributed by atoms with E-state index in [0.717, 1.165) is 0 Å². The van der Waals surface area contributed by atoms with Gasteiger partial charge in [-0.2, -0.15) is 0 Å². The van der Waals surface area contributed by atoms with E-state index in [0.29, 0.717) is 34.6 Å². The van der Waals surface area contributed by atoms with Crippen molar-refractivity contribution >= 4 is 11.9 Å². The molecule has 0 aromatic heterocycles. The molecule has 24 heavy (non-hydrogen) atoms.